The van der Waals surface area contributed by atoms with Gasteiger partial charge < -0.3 is 10.2 Å². The Labute approximate surface area is 203 Å². The molecule has 2 aromatic heterocycles. The number of aromatic nitrogens is 2. The van der Waals surface area contributed by atoms with E-state index in [4.69, 9.17) is 5.11 Å². The number of unbranched alkanes of at least 4 members (excludes halogenated alkanes) is 1. The van der Waals surface area contributed by atoms with Gasteiger partial charge in [-0.05, 0) is 69.4 Å². The molecule has 0 aliphatic rings. The lowest BCUT2D eigenvalue weighted by atomic mass is 9.79. The number of aromatic hydroxyl groups is 1. The second kappa shape index (κ2) is 10.4. The molecule has 0 unspecified atom stereocenters. The van der Waals surface area contributed by atoms with Crippen LogP contribution >= 0.6 is 11.3 Å². The molecule has 0 saturated heterocycles. The highest BCUT2D eigenvalue weighted by atomic mass is 32.1. The van der Waals surface area contributed by atoms with Crippen LogP contribution in [-0.4, -0.2) is 31.1 Å². The summed E-state index contributed by atoms with van der Waals surface area (Å²) in [7, 11) is 1.53. The van der Waals surface area contributed by atoms with Gasteiger partial charge in [-0.1, -0.05) is 25.5 Å². The largest absolute Gasteiger partial charge is 0.493 e. The first-order chi connectivity index (χ1) is 16.1. The van der Waals surface area contributed by atoms with Gasteiger partial charge in [-0.15, -0.1) is 11.3 Å². The van der Waals surface area contributed by atoms with E-state index in [-0.39, 0.29) is 17.4 Å². The Balaban J connectivity index is 1.82. The summed E-state index contributed by atoms with van der Waals surface area (Å²) < 4.78 is 2.72. The summed E-state index contributed by atoms with van der Waals surface area (Å²) in [6.45, 7) is 5.91. The summed E-state index contributed by atoms with van der Waals surface area (Å²) in [6, 6.07) is 10.8. The molecule has 182 valence electrons. The summed E-state index contributed by atoms with van der Waals surface area (Å²) in [5.74, 6) is -0.831. The van der Waals surface area contributed by atoms with E-state index in [1.807, 2.05) is 38.1 Å². The first kappa shape index (κ1) is 25.5. The van der Waals surface area contributed by atoms with Crippen LogP contribution in [0.3, 0.4) is 0 Å². The van der Waals surface area contributed by atoms with E-state index < -0.39 is 11.4 Å². The average molecular weight is 485 g/mol. The molecule has 2 N–H and O–H groups in total. The van der Waals surface area contributed by atoms with Crippen molar-refractivity contribution in [1.82, 2.24) is 9.13 Å². The monoisotopic (exact) mass is 484 g/mol. The Kier molecular flexibility index (Phi) is 7.82. The van der Waals surface area contributed by atoms with Crippen molar-refractivity contribution in [2.75, 3.05) is 0 Å². The van der Waals surface area contributed by atoms with Crippen LogP contribution in [0.2, 0.25) is 0 Å². The van der Waals surface area contributed by atoms with Gasteiger partial charge in [0.1, 0.15) is 10.7 Å². The third-order valence-corrected chi connectivity index (χ3v) is 7.47. The maximum atomic E-state index is 12.9. The number of aryl methyl sites for hydroxylation is 1. The third kappa shape index (κ3) is 5.17. The minimum Gasteiger partial charge on any atom is -0.493 e. The van der Waals surface area contributed by atoms with Crippen LogP contribution in [-0.2, 0) is 30.1 Å². The number of carbonyl (C=O) groups excluding carboxylic acids is 1. The molecule has 2 heterocycles. The Morgan fingerprint density at radius 2 is 1.71 bits per heavy atom. The van der Waals surface area contributed by atoms with Crippen molar-refractivity contribution < 1.29 is 19.8 Å². The molecular formula is C26H32N2O5S. The number of ketones is 1. The first-order valence-corrected chi connectivity index (χ1v) is 12.3. The first-order valence-electron chi connectivity index (χ1n) is 11.5. The molecule has 0 amide bonds. The SMILES string of the molecule is CCCCC(=O)C(C)(C)c1ccc(-n2c(CCCc3ccc(C(=O)O)s3)c(O)n(C)c2=O)cc1. The van der Waals surface area contributed by atoms with Crippen LogP contribution in [0.15, 0.2) is 41.2 Å². The van der Waals surface area contributed by atoms with E-state index in [1.54, 1.807) is 12.1 Å². The normalized spacial score (nSPS) is 11.6. The molecule has 0 atom stereocenters. The number of hydrogen-bond acceptors (Lipinski definition) is 5. The summed E-state index contributed by atoms with van der Waals surface area (Å²) in [6.07, 6.45) is 4.12. The number of aromatic carboxylic acids is 1. The number of rotatable bonds is 11. The fourth-order valence-corrected chi connectivity index (χ4v) is 4.92. The molecule has 0 bridgehead atoms. The van der Waals surface area contributed by atoms with Gasteiger partial charge in [0, 0.05) is 23.8 Å². The van der Waals surface area contributed by atoms with Crippen molar-refractivity contribution in [3.05, 3.63) is 67.9 Å². The van der Waals surface area contributed by atoms with Gasteiger partial charge >= 0.3 is 11.7 Å². The number of imidazole rings is 1. The van der Waals surface area contributed by atoms with E-state index in [0.29, 0.717) is 41.9 Å². The molecule has 3 rings (SSSR count). The van der Waals surface area contributed by atoms with Crippen molar-refractivity contribution >= 4 is 23.1 Å². The minimum absolute atomic E-state index is 0.0819. The number of carbonyl (C=O) groups is 2. The Morgan fingerprint density at radius 3 is 2.29 bits per heavy atom. The Bertz CT molecular complexity index is 1230. The quantitative estimate of drug-likeness (QED) is 0.405. The zero-order valence-electron chi connectivity index (χ0n) is 20.1. The Hall–Kier alpha value is -3.13. The zero-order valence-corrected chi connectivity index (χ0v) is 20.9. The van der Waals surface area contributed by atoms with Crippen LogP contribution in [0.25, 0.3) is 5.69 Å². The maximum Gasteiger partial charge on any atom is 0.345 e. The van der Waals surface area contributed by atoms with Crippen LogP contribution in [0, 0.1) is 0 Å². The molecule has 8 heteroatoms. The van der Waals surface area contributed by atoms with Crippen molar-refractivity contribution in [2.45, 2.75) is 64.7 Å². The fourth-order valence-electron chi connectivity index (χ4n) is 4.03. The molecule has 3 aromatic rings. The number of thiophene rings is 1. The molecule has 7 nitrogen and oxygen atoms in total. The van der Waals surface area contributed by atoms with Crippen molar-refractivity contribution in [3.8, 4) is 11.6 Å². The molecule has 0 spiro atoms. The fraction of sp³-hybridized carbons (Fsp3) is 0.423. The number of Topliss-reactive ketones (excluding diaryl/α,β-unsaturated/α-hetero) is 1. The molecule has 1 aromatic carbocycles. The van der Waals surface area contributed by atoms with Crippen LogP contribution < -0.4 is 5.69 Å². The van der Waals surface area contributed by atoms with Gasteiger partial charge in [0.15, 0.2) is 0 Å². The van der Waals surface area contributed by atoms with Crippen molar-refractivity contribution in [3.63, 3.8) is 0 Å². The predicted octanol–water partition coefficient (Wildman–Crippen LogP) is 4.85. The lowest BCUT2D eigenvalue weighted by molar-refractivity contribution is -0.123. The minimum atomic E-state index is -0.940. The molecule has 0 saturated carbocycles. The summed E-state index contributed by atoms with van der Waals surface area (Å²) in [4.78, 5) is 37.9. The van der Waals surface area contributed by atoms with Crippen LogP contribution in [0.5, 0.6) is 5.88 Å². The van der Waals surface area contributed by atoms with Gasteiger partial charge in [0.2, 0.25) is 5.88 Å². The zero-order chi connectivity index (χ0) is 25.0. The van der Waals surface area contributed by atoms with Crippen molar-refractivity contribution in [2.24, 2.45) is 7.05 Å². The highest BCUT2D eigenvalue weighted by Crippen LogP contribution is 2.29. The van der Waals surface area contributed by atoms with Crippen molar-refractivity contribution in [1.29, 1.82) is 0 Å². The number of hydrogen-bond donors (Lipinski definition) is 2. The second-order valence-corrected chi connectivity index (χ2v) is 10.2. The van der Waals surface area contributed by atoms with Crippen LogP contribution in [0.1, 0.15) is 72.3 Å². The van der Waals surface area contributed by atoms with E-state index in [0.717, 1.165) is 23.3 Å². The average Bonchev–Trinajstić information content (AvgIpc) is 3.37. The van der Waals surface area contributed by atoms with Gasteiger partial charge in [-0.3, -0.25) is 13.9 Å². The van der Waals surface area contributed by atoms with Gasteiger partial charge in [-0.2, -0.15) is 0 Å². The van der Waals surface area contributed by atoms with Gasteiger partial charge in [0.05, 0.1) is 11.4 Å². The number of carboxylic acids is 1. The van der Waals surface area contributed by atoms with E-state index >= 15 is 0 Å². The van der Waals surface area contributed by atoms with E-state index in [9.17, 15) is 19.5 Å². The summed E-state index contributed by atoms with van der Waals surface area (Å²) >= 11 is 1.24. The second-order valence-electron chi connectivity index (χ2n) is 9.07. The highest BCUT2D eigenvalue weighted by Gasteiger charge is 2.29. The molecule has 0 aliphatic heterocycles. The van der Waals surface area contributed by atoms with E-state index in [1.165, 1.54) is 27.5 Å². The predicted molar refractivity (Wildman–Crippen MR) is 134 cm³/mol. The number of nitrogens with zero attached hydrogens (tertiary/aromatic N) is 2. The highest BCUT2D eigenvalue weighted by molar-refractivity contribution is 7.13. The molecule has 0 fully saturated rings. The van der Waals surface area contributed by atoms with Gasteiger partial charge in [0.25, 0.3) is 0 Å². The van der Waals surface area contributed by atoms with Crippen LogP contribution in [0.4, 0.5) is 0 Å². The lowest BCUT2D eigenvalue weighted by Gasteiger charge is -2.24. The third-order valence-electron chi connectivity index (χ3n) is 6.33. The number of benzene rings is 1. The molecule has 0 aliphatic carbocycles. The Morgan fingerprint density at radius 1 is 1.03 bits per heavy atom. The van der Waals surface area contributed by atoms with E-state index in [2.05, 4.69) is 6.92 Å². The molecular weight excluding hydrogens is 452 g/mol. The maximum absolute atomic E-state index is 12.9. The standard InChI is InChI=1S/C26H32N2O5S/c1-5-6-10-22(29)26(2,3)17-11-13-18(14-12-17)28-20(23(30)27(4)25(28)33)9-7-8-19-15-16-21(34-19)24(31)32/h11-16,30H,5-10H2,1-4H3,(H,31,32). The topological polar surface area (TPSA) is 102 Å². The summed E-state index contributed by atoms with van der Waals surface area (Å²) in [5, 5.41) is 19.7. The molecule has 0 radical (unpaired) electrons. The summed E-state index contributed by atoms with van der Waals surface area (Å²) in [5.41, 5.74) is 1.06. The number of carboxylic acid groups (broad SMARTS) is 1. The lowest BCUT2D eigenvalue weighted by Crippen LogP contribution is -2.29. The molecule has 34 heavy (non-hydrogen) atoms. The van der Waals surface area contributed by atoms with Gasteiger partial charge in [-0.25, -0.2) is 9.59 Å². The smallest absolute Gasteiger partial charge is 0.345 e.